The third kappa shape index (κ3) is 5.89. The molecule has 1 aliphatic heterocycles. The zero-order valence-electron chi connectivity index (χ0n) is 14.9. The molecule has 6 unspecified atom stereocenters. The van der Waals surface area contributed by atoms with Crippen molar-refractivity contribution in [3.63, 3.8) is 0 Å². The van der Waals surface area contributed by atoms with Gasteiger partial charge in [-0.25, -0.2) is 28.6 Å². The molecule has 174 valence electrons. The molecule has 3 heterocycles. The van der Waals surface area contributed by atoms with Gasteiger partial charge in [-0.1, -0.05) is 0 Å². The summed E-state index contributed by atoms with van der Waals surface area (Å²) in [4.78, 5) is 47.5. The molecular weight excluding hydrogens is 507 g/mol. The third-order valence-corrected chi connectivity index (χ3v) is 8.26. The highest BCUT2D eigenvalue weighted by atomic mass is 32.1. The van der Waals surface area contributed by atoms with Crippen molar-refractivity contribution in [2.24, 2.45) is 0 Å². The Kier molecular flexibility index (Phi) is 6.97. The Balaban J connectivity index is 1.69. The van der Waals surface area contributed by atoms with Gasteiger partial charge in [0.1, 0.15) is 17.9 Å². The number of nitrogen functional groups attached to an aromatic ring is 1. The van der Waals surface area contributed by atoms with E-state index in [2.05, 4.69) is 40.7 Å². The summed E-state index contributed by atoms with van der Waals surface area (Å²) in [5, 5.41) is 9.46. The van der Waals surface area contributed by atoms with Gasteiger partial charge in [0.15, 0.2) is 17.7 Å². The van der Waals surface area contributed by atoms with Gasteiger partial charge in [0.2, 0.25) is 0 Å². The van der Waals surface area contributed by atoms with Crippen LogP contribution in [0, 0.1) is 0 Å². The standard InChI is InChI=1S/C10H16N5O12P3S/c11-8-5-9(13-2-12-8)15(3-14-5)10-6(16)7(31)4(25-10)1-24-29(20,21)27-30(22,23)26-28(17,18)19/h2-4,6-7,10,16,31H,1H2,(H,20,21)(H,22,23)(H2,11,12,13)(H2,17,18,19). The van der Waals surface area contributed by atoms with E-state index in [4.69, 9.17) is 25.2 Å². The highest BCUT2D eigenvalue weighted by Gasteiger charge is 2.46. The van der Waals surface area contributed by atoms with Crippen molar-refractivity contribution in [3.8, 4) is 0 Å². The summed E-state index contributed by atoms with van der Waals surface area (Å²) in [5.74, 6) is 0.0860. The number of hydrogen-bond donors (Lipinski definition) is 7. The van der Waals surface area contributed by atoms with E-state index in [9.17, 15) is 23.7 Å². The van der Waals surface area contributed by atoms with Crippen molar-refractivity contribution in [1.82, 2.24) is 19.5 Å². The monoisotopic (exact) mass is 523 g/mol. The van der Waals surface area contributed by atoms with Gasteiger partial charge in [-0.05, 0) is 0 Å². The summed E-state index contributed by atoms with van der Waals surface area (Å²) < 4.78 is 52.5. The van der Waals surface area contributed by atoms with Crippen LogP contribution in [-0.2, 0) is 31.6 Å². The molecule has 3 rings (SSSR count). The number of anilines is 1. The number of phosphoric ester groups is 1. The van der Waals surface area contributed by atoms with E-state index in [0.717, 1.165) is 0 Å². The van der Waals surface area contributed by atoms with Crippen LogP contribution in [-0.4, -0.2) is 68.3 Å². The lowest BCUT2D eigenvalue weighted by Crippen LogP contribution is -2.29. The van der Waals surface area contributed by atoms with Gasteiger partial charge in [-0.2, -0.15) is 21.3 Å². The molecule has 6 atom stereocenters. The average molecular weight is 523 g/mol. The van der Waals surface area contributed by atoms with Crippen molar-refractivity contribution in [1.29, 1.82) is 0 Å². The smallest absolute Gasteiger partial charge is 0.387 e. The van der Waals surface area contributed by atoms with Crippen LogP contribution < -0.4 is 5.73 Å². The first-order valence-electron chi connectivity index (χ1n) is 7.92. The summed E-state index contributed by atoms with van der Waals surface area (Å²) >= 11 is 4.17. The van der Waals surface area contributed by atoms with E-state index >= 15 is 0 Å². The van der Waals surface area contributed by atoms with Gasteiger partial charge in [-0.15, -0.1) is 0 Å². The van der Waals surface area contributed by atoms with Crippen LogP contribution in [0.2, 0.25) is 0 Å². The summed E-state index contributed by atoms with van der Waals surface area (Å²) in [7, 11) is -16.5. The van der Waals surface area contributed by atoms with Crippen LogP contribution in [0.5, 0.6) is 0 Å². The molecule has 2 aromatic rings. The second-order valence-electron chi connectivity index (χ2n) is 6.02. The van der Waals surface area contributed by atoms with E-state index in [-0.39, 0.29) is 17.0 Å². The second kappa shape index (κ2) is 8.76. The lowest BCUT2D eigenvalue weighted by Gasteiger charge is -2.19. The van der Waals surface area contributed by atoms with Crippen molar-refractivity contribution >= 4 is 53.1 Å². The molecule has 0 radical (unpaired) electrons. The summed E-state index contributed by atoms with van der Waals surface area (Å²) in [6, 6.07) is 0. The highest BCUT2D eigenvalue weighted by molar-refractivity contribution is 7.81. The molecule has 1 saturated heterocycles. The number of phosphoric acid groups is 3. The minimum absolute atomic E-state index is 0.0860. The minimum Gasteiger partial charge on any atom is -0.387 e. The molecular formula is C10H16N5O12P3S. The summed E-state index contributed by atoms with van der Waals surface area (Å²) in [6.45, 7) is -0.783. The molecule has 21 heteroatoms. The fourth-order valence-electron chi connectivity index (χ4n) is 2.62. The first kappa shape index (κ1) is 24.7. The van der Waals surface area contributed by atoms with Crippen LogP contribution in [0.15, 0.2) is 12.7 Å². The number of rotatable bonds is 8. The maximum atomic E-state index is 11.8. The Hall–Kier alpha value is -0.970. The van der Waals surface area contributed by atoms with Crippen LogP contribution in [0.1, 0.15) is 6.23 Å². The Morgan fingerprint density at radius 1 is 1.13 bits per heavy atom. The van der Waals surface area contributed by atoms with Gasteiger partial charge >= 0.3 is 23.5 Å². The minimum atomic E-state index is -5.66. The van der Waals surface area contributed by atoms with Gasteiger partial charge in [0.25, 0.3) is 0 Å². The molecule has 7 N–H and O–H groups in total. The van der Waals surface area contributed by atoms with Crippen molar-refractivity contribution < 1.29 is 56.3 Å². The Bertz CT molecular complexity index is 1110. The number of thiol groups is 1. The molecule has 2 aromatic heterocycles. The number of imidazole rings is 1. The van der Waals surface area contributed by atoms with Crippen molar-refractivity contribution in [3.05, 3.63) is 12.7 Å². The Labute approximate surface area is 178 Å². The van der Waals surface area contributed by atoms with E-state index in [1.54, 1.807) is 0 Å². The fraction of sp³-hybridized carbons (Fsp3) is 0.500. The molecule has 0 amide bonds. The second-order valence-corrected chi connectivity index (χ2v) is 11.0. The fourth-order valence-corrected chi connectivity index (χ4v) is 5.96. The molecule has 0 spiro atoms. The number of nitrogens with two attached hydrogens (primary N) is 1. The van der Waals surface area contributed by atoms with Crippen LogP contribution in [0.3, 0.4) is 0 Å². The number of aromatic nitrogens is 4. The quantitative estimate of drug-likeness (QED) is 0.167. The Morgan fingerprint density at radius 3 is 2.45 bits per heavy atom. The van der Waals surface area contributed by atoms with Crippen LogP contribution >= 0.6 is 36.1 Å². The van der Waals surface area contributed by atoms with Crippen LogP contribution in [0.4, 0.5) is 5.82 Å². The van der Waals surface area contributed by atoms with E-state index < -0.39 is 53.8 Å². The molecule has 0 aliphatic carbocycles. The average Bonchev–Trinajstić information content (AvgIpc) is 3.13. The van der Waals surface area contributed by atoms with E-state index in [0.29, 0.717) is 0 Å². The van der Waals surface area contributed by atoms with E-state index in [1.165, 1.54) is 17.2 Å². The highest BCUT2D eigenvalue weighted by Crippen LogP contribution is 2.66. The molecule has 0 saturated carbocycles. The number of aliphatic hydroxyl groups excluding tert-OH is 1. The predicted octanol–water partition coefficient (Wildman–Crippen LogP) is -0.692. The number of aliphatic hydroxyl groups is 1. The number of ether oxygens (including phenoxy) is 1. The van der Waals surface area contributed by atoms with Gasteiger partial charge in [-0.3, -0.25) is 9.09 Å². The largest absolute Gasteiger partial charge is 0.490 e. The molecule has 0 aromatic carbocycles. The van der Waals surface area contributed by atoms with Gasteiger partial charge in [0.05, 0.1) is 24.3 Å². The zero-order chi connectivity index (χ0) is 23.2. The SMILES string of the molecule is Nc1ncnc2c1ncn2C1OC(COP(=O)(O)OP(=O)(O)OP(=O)(O)O)C(S)C1O. The molecule has 1 aliphatic rings. The maximum Gasteiger partial charge on any atom is 0.490 e. The Morgan fingerprint density at radius 2 is 1.81 bits per heavy atom. The molecule has 17 nitrogen and oxygen atoms in total. The first-order chi connectivity index (χ1) is 14.2. The zero-order valence-corrected chi connectivity index (χ0v) is 18.5. The van der Waals surface area contributed by atoms with Crippen LogP contribution in [0.25, 0.3) is 11.2 Å². The number of hydrogen-bond acceptors (Lipinski definition) is 13. The first-order valence-corrected chi connectivity index (χ1v) is 13.0. The van der Waals surface area contributed by atoms with Crippen molar-refractivity contribution in [2.45, 2.75) is 23.7 Å². The number of fused-ring (bicyclic) bond motifs is 1. The topological polar surface area (TPSA) is 259 Å². The molecule has 0 bridgehead atoms. The third-order valence-electron chi connectivity index (χ3n) is 3.82. The summed E-state index contributed by atoms with van der Waals surface area (Å²) in [6.07, 6.45) is -1.11. The molecule has 31 heavy (non-hydrogen) atoms. The lowest BCUT2D eigenvalue weighted by molar-refractivity contribution is -0.0480. The lowest BCUT2D eigenvalue weighted by atomic mass is 10.2. The van der Waals surface area contributed by atoms with Crippen molar-refractivity contribution in [2.75, 3.05) is 12.3 Å². The van der Waals surface area contributed by atoms with Gasteiger partial charge < -0.3 is 35.2 Å². The van der Waals surface area contributed by atoms with Gasteiger partial charge in [0, 0.05) is 0 Å². The van der Waals surface area contributed by atoms with E-state index in [1.807, 2.05) is 0 Å². The molecule has 1 fully saturated rings. The normalized spacial score (nSPS) is 28.5. The summed E-state index contributed by atoms with van der Waals surface area (Å²) in [5.41, 5.74) is 6.17. The predicted molar refractivity (Wildman–Crippen MR) is 102 cm³/mol. The maximum absolute atomic E-state index is 11.8. The number of nitrogens with zero attached hydrogens (tertiary/aromatic N) is 4.